The molecule has 1 aliphatic carbocycles. The molecule has 3 aliphatic rings. The third kappa shape index (κ3) is 5.64. The lowest BCUT2D eigenvalue weighted by atomic mass is 9.98. The Labute approximate surface area is 242 Å². The number of nitrogens with zero attached hydrogens (tertiary/aromatic N) is 3. The molecule has 6 nitrogen and oxygen atoms in total. The van der Waals surface area contributed by atoms with E-state index in [9.17, 15) is 4.79 Å². The van der Waals surface area contributed by atoms with Crippen molar-refractivity contribution in [3.63, 3.8) is 0 Å². The number of aromatic nitrogens is 1. The number of hydrogen-bond acceptors (Lipinski definition) is 7. The predicted molar refractivity (Wildman–Crippen MR) is 158 cm³/mol. The summed E-state index contributed by atoms with van der Waals surface area (Å²) >= 11 is 14.7. The molecule has 0 amide bonds. The molecule has 0 N–H and O–H groups in total. The van der Waals surface area contributed by atoms with Crippen LogP contribution in [-0.4, -0.2) is 56.1 Å². The summed E-state index contributed by atoms with van der Waals surface area (Å²) in [7, 11) is 1.39. The average molecular weight is 583 g/mol. The molecule has 3 heterocycles. The topological polar surface area (TPSA) is 64.0 Å². The highest BCUT2D eigenvalue weighted by atomic mass is 35.5. The van der Waals surface area contributed by atoms with Crippen LogP contribution in [0.4, 0.5) is 5.13 Å². The first-order chi connectivity index (χ1) is 19.0. The Balaban J connectivity index is 1.09. The smallest absolute Gasteiger partial charge is 0.337 e. The van der Waals surface area contributed by atoms with Crippen molar-refractivity contribution in [3.05, 3.63) is 80.2 Å². The van der Waals surface area contributed by atoms with Crippen LogP contribution in [-0.2, 0) is 9.47 Å². The zero-order valence-corrected chi connectivity index (χ0v) is 24.0. The molecule has 1 saturated carbocycles. The van der Waals surface area contributed by atoms with Gasteiger partial charge in [0.15, 0.2) is 5.13 Å². The minimum atomic E-state index is -0.347. The van der Waals surface area contributed by atoms with Crippen molar-refractivity contribution >= 4 is 51.4 Å². The molecular formula is C30H29Cl2N3O3S. The Bertz CT molecular complexity index is 1430. The average Bonchev–Trinajstić information content (AvgIpc) is 3.53. The maximum atomic E-state index is 11.9. The first kappa shape index (κ1) is 26.5. The summed E-state index contributed by atoms with van der Waals surface area (Å²) in [5, 5.41) is 4.29. The van der Waals surface area contributed by atoms with E-state index in [0.717, 1.165) is 53.6 Å². The summed E-state index contributed by atoms with van der Waals surface area (Å²) < 4.78 is 11.4. The van der Waals surface area contributed by atoms with Gasteiger partial charge < -0.3 is 14.4 Å². The molecule has 9 heteroatoms. The predicted octanol–water partition coefficient (Wildman–Crippen LogP) is 7.10. The van der Waals surface area contributed by atoms with Crippen LogP contribution in [0.3, 0.4) is 0 Å². The molecular weight excluding hydrogens is 553 g/mol. The fraction of sp³-hybridized carbons (Fsp3) is 0.367. The molecule has 202 valence electrons. The number of rotatable bonds is 8. The Hall–Kier alpha value is -2.71. The van der Waals surface area contributed by atoms with Crippen LogP contribution in [0.1, 0.15) is 41.6 Å². The SMILES string of the molecule is COC(=O)c1cccc(-c2csc(N3CCC(OCC4=C(C5CC5)CN=C4c4c(Cl)cccc4Cl)CC3)n2)c1. The number of piperidine rings is 1. The van der Waals surface area contributed by atoms with Crippen LogP contribution in [0.5, 0.6) is 0 Å². The van der Waals surface area contributed by atoms with Crippen molar-refractivity contribution in [3.8, 4) is 11.3 Å². The van der Waals surface area contributed by atoms with Crippen molar-refractivity contribution < 1.29 is 14.3 Å². The molecule has 2 aliphatic heterocycles. The fourth-order valence-electron chi connectivity index (χ4n) is 5.31. The summed E-state index contributed by atoms with van der Waals surface area (Å²) in [6.07, 6.45) is 4.47. The maximum absolute atomic E-state index is 11.9. The molecule has 0 radical (unpaired) electrons. The van der Waals surface area contributed by atoms with Crippen molar-refractivity contribution in [2.45, 2.75) is 31.8 Å². The van der Waals surface area contributed by atoms with Crippen LogP contribution in [0.25, 0.3) is 11.3 Å². The van der Waals surface area contributed by atoms with E-state index in [1.54, 1.807) is 17.4 Å². The van der Waals surface area contributed by atoms with Crippen molar-refractivity contribution in [2.24, 2.45) is 10.9 Å². The Morgan fingerprint density at radius 3 is 2.54 bits per heavy atom. The summed E-state index contributed by atoms with van der Waals surface area (Å²) in [6.45, 7) is 3.01. The van der Waals surface area contributed by atoms with E-state index in [2.05, 4.69) is 4.90 Å². The normalized spacial score (nSPS) is 18.0. The second kappa shape index (κ2) is 11.4. The van der Waals surface area contributed by atoms with Gasteiger partial charge in [0.05, 0.1) is 53.4 Å². The number of hydrogen-bond donors (Lipinski definition) is 0. The number of esters is 1. The van der Waals surface area contributed by atoms with Gasteiger partial charge in [0, 0.05) is 35.2 Å². The number of carbonyl (C=O) groups is 1. The molecule has 1 aromatic heterocycles. The number of halogens is 2. The van der Waals surface area contributed by atoms with E-state index in [4.69, 9.17) is 42.7 Å². The zero-order valence-electron chi connectivity index (χ0n) is 21.7. The largest absolute Gasteiger partial charge is 0.465 e. The van der Waals surface area contributed by atoms with E-state index in [1.165, 1.54) is 31.1 Å². The number of methoxy groups -OCH3 is 1. The highest BCUT2D eigenvalue weighted by Gasteiger charge is 2.34. The molecule has 0 unspecified atom stereocenters. The lowest BCUT2D eigenvalue weighted by Gasteiger charge is -2.32. The molecule has 0 atom stereocenters. The van der Waals surface area contributed by atoms with Gasteiger partial charge in [-0.1, -0.05) is 41.4 Å². The lowest BCUT2D eigenvalue weighted by Crippen LogP contribution is -2.37. The minimum absolute atomic E-state index is 0.175. The van der Waals surface area contributed by atoms with Gasteiger partial charge in [0.25, 0.3) is 0 Å². The second-order valence-electron chi connectivity index (χ2n) is 10.1. The van der Waals surface area contributed by atoms with Gasteiger partial charge in [-0.25, -0.2) is 9.78 Å². The number of thiazole rings is 1. The van der Waals surface area contributed by atoms with Gasteiger partial charge in [-0.3, -0.25) is 4.99 Å². The third-order valence-corrected chi connectivity index (χ3v) is 9.13. The van der Waals surface area contributed by atoms with E-state index in [-0.39, 0.29) is 12.1 Å². The van der Waals surface area contributed by atoms with Gasteiger partial charge in [0.2, 0.25) is 0 Å². The number of aliphatic imine (C=N–C) groups is 1. The Morgan fingerprint density at radius 2 is 1.82 bits per heavy atom. The first-order valence-electron chi connectivity index (χ1n) is 13.2. The molecule has 3 aromatic rings. The standard InChI is InChI=1S/C30H29Cl2N3O3S/c1-37-29(36)20-5-2-4-19(14-20)26-17-39-30(34-26)35-12-10-21(11-13-35)38-16-23-22(18-8-9-18)15-33-28(23)27-24(31)6-3-7-25(27)32/h2-7,14,17-18,21H,8-13,15-16H2,1H3. The maximum Gasteiger partial charge on any atom is 0.337 e. The number of benzene rings is 2. The van der Waals surface area contributed by atoms with Crippen LogP contribution in [0.2, 0.25) is 10.0 Å². The first-order valence-corrected chi connectivity index (χ1v) is 14.9. The minimum Gasteiger partial charge on any atom is -0.465 e. The van der Waals surface area contributed by atoms with Gasteiger partial charge in [0.1, 0.15) is 0 Å². The third-order valence-electron chi connectivity index (χ3n) is 7.60. The quantitative estimate of drug-likeness (QED) is 0.265. The summed E-state index contributed by atoms with van der Waals surface area (Å²) in [4.78, 5) is 24.0. The highest BCUT2D eigenvalue weighted by Crippen LogP contribution is 2.42. The monoisotopic (exact) mass is 581 g/mol. The van der Waals surface area contributed by atoms with E-state index in [0.29, 0.717) is 34.7 Å². The number of carbonyl (C=O) groups excluding carboxylic acids is 1. The van der Waals surface area contributed by atoms with E-state index in [1.807, 2.05) is 41.8 Å². The summed E-state index contributed by atoms with van der Waals surface area (Å²) in [5.74, 6) is 0.265. The molecule has 2 fully saturated rings. The number of ether oxygens (including phenoxy) is 2. The molecule has 0 bridgehead atoms. The Kier molecular flexibility index (Phi) is 7.76. The molecule has 0 spiro atoms. The Morgan fingerprint density at radius 1 is 1.08 bits per heavy atom. The molecule has 39 heavy (non-hydrogen) atoms. The highest BCUT2D eigenvalue weighted by molar-refractivity contribution is 7.14. The summed E-state index contributed by atoms with van der Waals surface area (Å²) in [5.41, 5.74) is 6.59. The van der Waals surface area contributed by atoms with Gasteiger partial charge >= 0.3 is 5.97 Å². The molecule has 2 aromatic carbocycles. The van der Waals surface area contributed by atoms with Crippen LogP contribution in [0.15, 0.2) is 64.0 Å². The van der Waals surface area contributed by atoms with Gasteiger partial charge in [-0.15, -0.1) is 11.3 Å². The second-order valence-corrected chi connectivity index (χ2v) is 11.8. The van der Waals surface area contributed by atoms with E-state index >= 15 is 0 Å². The molecule has 1 saturated heterocycles. The van der Waals surface area contributed by atoms with Crippen molar-refractivity contribution in [2.75, 3.05) is 38.3 Å². The van der Waals surface area contributed by atoms with Crippen LogP contribution >= 0.6 is 34.5 Å². The van der Waals surface area contributed by atoms with E-state index < -0.39 is 0 Å². The van der Waals surface area contributed by atoms with Crippen LogP contribution < -0.4 is 4.90 Å². The summed E-state index contributed by atoms with van der Waals surface area (Å²) in [6, 6.07) is 13.0. The lowest BCUT2D eigenvalue weighted by molar-refractivity contribution is 0.0537. The number of anilines is 1. The van der Waals surface area contributed by atoms with Crippen molar-refractivity contribution in [1.82, 2.24) is 4.98 Å². The molecule has 6 rings (SSSR count). The van der Waals surface area contributed by atoms with Gasteiger partial charge in [-0.2, -0.15) is 0 Å². The van der Waals surface area contributed by atoms with Crippen molar-refractivity contribution in [1.29, 1.82) is 0 Å². The van der Waals surface area contributed by atoms with Gasteiger partial charge in [-0.05, 0) is 61.4 Å². The zero-order chi connectivity index (χ0) is 26.9. The van der Waals surface area contributed by atoms with Crippen LogP contribution in [0, 0.1) is 5.92 Å². The fourth-order valence-corrected chi connectivity index (χ4v) is 6.77.